The Bertz CT molecular complexity index is 623. The average molecular weight is 358 g/mol. The first-order valence-corrected chi connectivity index (χ1v) is 7.28. The quantitative estimate of drug-likeness (QED) is 0.805. The van der Waals surface area contributed by atoms with Crippen LogP contribution < -0.4 is 5.32 Å². The van der Waals surface area contributed by atoms with Crippen molar-refractivity contribution in [3.63, 3.8) is 0 Å². The molecule has 0 saturated carbocycles. The van der Waals surface area contributed by atoms with Gasteiger partial charge in [0.2, 0.25) is 0 Å². The van der Waals surface area contributed by atoms with Crippen molar-refractivity contribution in [3.05, 3.63) is 69.2 Å². The second-order valence-corrected chi connectivity index (χ2v) is 5.70. The first kappa shape index (κ1) is 16.0. The van der Waals surface area contributed by atoms with E-state index in [1.807, 2.05) is 25.1 Å². The normalized spacial score (nSPS) is 11.7. The Morgan fingerprint density at radius 1 is 1.05 bits per heavy atom. The molecule has 21 heavy (non-hydrogen) atoms. The van der Waals surface area contributed by atoms with E-state index in [1.165, 1.54) is 12.1 Å². The standard InChI is InChI=1S/C16H15BrF3N/c1-11-8-12(6-7-15(11)17)9-21-10-13-4-2-3-5-14(13)16(18,19)20/h2-8,21H,9-10H2,1H3. The Balaban J connectivity index is 2.02. The molecule has 0 bridgehead atoms. The summed E-state index contributed by atoms with van der Waals surface area (Å²) < 4.78 is 39.6. The van der Waals surface area contributed by atoms with Gasteiger partial charge >= 0.3 is 6.18 Å². The van der Waals surface area contributed by atoms with Gasteiger partial charge in [0, 0.05) is 17.6 Å². The highest BCUT2D eigenvalue weighted by Crippen LogP contribution is 2.31. The fourth-order valence-electron chi connectivity index (χ4n) is 2.11. The van der Waals surface area contributed by atoms with Crippen molar-refractivity contribution in [1.82, 2.24) is 5.32 Å². The van der Waals surface area contributed by atoms with Crippen LogP contribution in [0.2, 0.25) is 0 Å². The Labute approximate surface area is 130 Å². The molecule has 1 nitrogen and oxygen atoms in total. The highest BCUT2D eigenvalue weighted by Gasteiger charge is 2.32. The highest BCUT2D eigenvalue weighted by atomic mass is 79.9. The third-order valence-corrected chi connectivity index (χ3v) is 4.08. The minimum Gasteiger partial charge on any atom is -0.309 e. The molecule has 0 aromatic heterocycles. The van der Waals surface area contributed by atoms with Gasteiger partial charge < -0.3 is 5.32 Å². The van der Waals surface area contributed by atoms with Gasteiger partial charge in [0.15, 0.2) is 0 Å². The molecule has 1 N–H and O–H groups in total. The molecule has 0 spiro atoms. The molecule has 0 radical (unpaired) electrons. The zero-order valence-electron chi connectivity index (χ0n) is 11.5. The molecule has 112 valence electrons. The summed E-state index contributed by atoms with van der Waals surface area (Å²) in [5, 5.41) is 3.06. The number of nitrogens with one attached hydrogen (secondary N) is 1. The van der Waals surface area contributed by atoms with E-state index < -0.39 is 11.7 Å². The number of rotatable bonds is 4. The molecule has 0 aliphatic rings. The van der Waals surface area contributed by atoms with Crippen LogP contribution >= 0.6 is 15.9 Å². The van der Waals surface area contributed by atoms with Gasteiger partial charge in [-0.15, -0.1) is 0 Å². The summed E-state index contributed by atoms with van der Waals surface area (Å²) in [6, 6.07) is 11.5. The lowest BCUT2D eigenvalue weighted by molar-refractivity contribution is -0.138. The fourth-order valence-corrected chi connectivity index (χ4v) is 2.36. The molecular formula is C16H15BrF3N. The second kappa shape index (κ2) is 6.62. The summed E-state index contributed by atoms with van der Waals surface area (Å²) in [5.74, 6) is 0. The van der Waals surface area contributed by atoms with Crippen LogP contribution in [0.25, 0.3) is 0 Å². The third kappa shape index (κ3) is 4.32. The average Bonchev–Trinajstić information content (AvgIpc) is 2.42. The van der Waals surface area contributed by atoms with Crippen LogP contribution in [0.4, 0.5) is 13.2 Å². The molecule has 5 heteroatoms. The molecular weight excluding hydrogens is 343 g/mol. The van der Waals surface area contributed by atoms with E-state index in [2.05, 4.69) is 21.2 Å². The topological polar surface area (TPSA) is 12.0 Å². The molecule has 0 aliphatic carbocycles. The zero-order valence-corrected chi connectivity index (χ0v) is 13.1. The molecule has 2 aromatic carbocycles. The van der Waals surface area contributed by atoms with Crippen molar-refractivity contribution in [2.24, 2.45) is 0 Å². The lowest BCUT2D eigenvalue weighted by atomic mass is 10.1. The van der Waals surface area contributed by atoms with Crippen molar-refractivity contribution >= 4 is 15.9 Å². The molecule has 0 aliphatic heterocycles. The molecule has 0 fully saturated rings. The number of hydrogen-bond acceptors (Lipinski definition) is 1. The van der Waals surface area contributed by atoms with E-state index in [4.69, 9.17) is 0 Å². The van der Waals surface area contributed by atoms with Crippen LogP contribution in [0.3, 0.4) is 0 Å². The largest absolute Gasteiger partial charge is 0.416 e. The van der Waals surface area contributed by atoms with Crippen LogP contribution in [-0.2, 0) is 19.3 Å². The summed E-state index contributed by atoms with van der Waals surface area (Å²) in [6.07, 6.45) is -4.31. The number of halogens is 4. The molecule has 0 heterocycles. The molecule has 2 aromatic rings. The Morgan fingerprint density at radius 2 is 1.76 bits per heavy atom. The van der Waals surface area contributed by atoms with Crippen molar-refractivity contribution in [3.8, 4) is 0 Å². The van der Waals surface area contributed by atoms with Crippen molar-refractivity contribution in [2.45, 2.75) is 26.2 Å². The minimum atomic E-state index is -4.31. The van der Waals surface area contributed by atoms with Crippen LogP contribution in [0.1, 0.15) is 22.3 Å². The molecule has 0 amide bonds. The minimum absolute atomic E-state index is 0.185. The predicted octanol–water partition coefficient (Wildman–Crippen LogP) is 5.07. The van der Waals surface area contributed by atoms with E-state index in [0.29, 0.717) is 6.54 Å². The summed E-state index contributed by atoms with van der Waals surface area (Å²) in [5.41, 5.74) is 1.83. The van der Waals surface area contributed by atoms with Gasteiger partial charge in [-0.25, -0.2) is 0 Å². The van der Waals surface area contributed by atoms with Crippen molar-refractivity contribution in [2.75, 3.05) is 0 Å². The highest BCUT2D eigenvalue weighted by molar-refractivity contribution is 9.10. The molecule has 0 saturated heterocycles. The van der Waals surface area contributed by atoms with Gasteiger partial charge in [-0.2, -0.15) is 13.2 Å². The lowest BCUT2D eigenvalue weighted by Gasteiger charge is -2.13. The summed E-state index contributed by atoms with van der Waals surface area (Å²) in [6.45, 7) is 2.69. The number of aryl methyl sites for hydroxylation is 1. The summed E-state index contributed by atoms with van der Waals surface area (Å²) in [4.78, 5) is 0. The number of hydrogen-bond donors (Lipinski definition) is 1. The van der Waals surface area contributed by atoms with Crippen molar-refractivity contribution in [1.29, 1.82) is 0 Å². The Hall–Kier alpha value is -1.33. The smallest absolute Gasteiger partial charge is 0.309 e. The third-order valence-electron chi connectivity index (χ3n) is 3.19. The molecule has 0 unspecified atom stereocenters. The fraction of sp³-hybridized carbons (Fsp3) is 0.250. The second-order valence-electron chi connectivity index (χ2n) is 4.84. The van der Waals surface area contributed by atoms with Crippen LogP contribution in [0.5, 0.6) is 0 Å². The van der Waals surface area contributed by atoms with Gasteiger partial charge in [-0.1, -0.05) is 46.3 Å². The first-order valence-electron chi connectivity index (χ1n) is 6.49. The van der Waals surface area contributed by atoms with Gasteiger partial charge in [-0.05, 0) is 35.7 Å². The predicted molar refractivity (Wildman–Crippen MR) is 80.9 cm³/mol. The van der Waals surface area contributed by atoms with Crippen LogP contribution in [-0.4, -0.2) is 0 Å². The van der Waals surface area contributed by atoms with E-state index in [9.17, 15) is 13.2 Å². The zero-order chi connectivity index (χ0) is 15.5. The van der Waals surface area contributed by atoms with Gasteiger partial charge in [0.05, 0.1) is 5.56 Å². The van der Waals surface area contributed by atoms with E-state index in [1.54, 1.807) is 6.07 Å². The van der Waals surface area contributed by atoms with Crippen LogP contribution in [0.15, 0.2) is 46.9 Å². The summed E-state index contributed by atoms with van der Waals surface area (Å²) >= 11 is 3.42. The Morgan fingerprint density at radius 3 is 2.43 bits per heavy atom. The van der Waals surface area contributed by atoms with E-state index in [0.717, 1.165) is 21.7 Å². The SMILES string of the molecule is Cc1cc(CNCc2ccccc2C(F)(F)F)ccc1Br. The summed E-state index contributed by atoms with van der Waals surface area (Å²) in [7, 11) is 0. The molecule has 2 rings (SSSR count). The maximum atomic E-state index is 12.9. The van der Waals surface area contributed by atoms with Gasteiger partial charge in [-0.3, -0.25) is 0 Å². The van der Waals surface area contributed by atoms with Gasteiger partial charge in [0.25, 0.3) is 0 Å². The maximum absolute atomic E-state index is 12.9. The van der Waals surface area contributed by atoms with Gasteiger partial charge in [0.1, 0.15) is 0 Å². The van der Waals surface area contributed by atoms with Crippen LogP contribution in [0, 0.1) is 6.92 Å². The maximum Gasteiger partial charge on any atom is 0.416 e. The lowest BCUT2D eigenvalue weighted by Crippen LogP contribution is -2.17. The van der Waals surface area contributed by atoms with E-state index in [-0.39, 0.29) is 12.1 Å². The van der Waals surface area contributed by atoms with E-state index >= 15 is 0 Å². The number of benzene rings is 2. The first-order chi connectivity index (χ1) is 9.88. The monoisotopic (exact) mass is 357 g/mol. The molecule has 0 atom stereocenters. The Kier molecular flexibility index (Phi) is 5.06. The van der Waals surface area contributed by atoms with Crippen molar-refractivity contribution < 1.29 is 13.2 Å². The number of alkyl halides is 3.